The van der Waals surface area contributed by atoms with E-state index in [1.54, 1.807) is 7.11 Å². The number of hydrogen-bond acceptors (Lipinski definition) is 9. The minimum atomic E-state index is -0.774. The Kier molecular flexibility index (Phi) is 8.60. The summed E-state index contributed by atoms with van der Waals surface area (Å²) in [6, 6.07) is 7.68. The van der Waals surface area contributed by atoms with Crippen molar-refractivity contribution in [3.63, 3.8) is 0 Å². The Hall–Kier alpha value is -3.21. The maximum Gasteiger partial charge on any atom is 0.318 e. The summed E-state index contributed by atoms with van der Waals surface area (Å²) in [6.07, 6.45) is 5.23. The molecule has 3 aromatic rings. The standard InChI is InChI=1S/C34H46FN5O4/c1-6-25-27(35)9-8-23-16-24(44-22-42-5)17-29(30(23)25)39-15-10-26-28(18-39)36-32(43-21-34(12-13-34)20-38(3)4)37-31(26)40-14-7-11-33(2,41)19-40/h8-9,16-17,41H,6-7,10-15,18-22H2,1-5H3/t33-/m1/s1. The van der Waals surface area contributed by atoms with Gasteiger partial charge in [0.05, 0.1) is 24.4 Å². The molecule has 1 saturated heterocycles. The number of aliphatic hydroxyl groups is 1. The monoisotopic (exact) mass is 607 g/mol. The first-order chi connectivity index (χ1) is 21.1. The average Bonchev–Trinajstić information content (AvgIpc) is 3.76. The molecular weight excluding hydrogens is 561 g/mol. The van der Waals surface area contributed by atoms with Gasteiger partial charge in [-0.05, 0) is 82.6 Å². The maximum absolute atomic E-state index is 15.1. The number of β-amino-alcohol motifs (C(OH)–C–C–N with tert-alkyl or cyclic N) is 1. The highest BCUT2D eigenvalue weighted by Gasteiger charge is 2.44. The van der Waals surface area contributed by atoms with E-state index >= 15 is 4.39 Å². The fourth-order valence-electron chi connectivity index (χ4n) is 7.00. The summed E-state index contributed by atoms with van der Waals surface area (Å²) >= 11 is 0. The molecule has 2 aromatic carbocycles. The van der Waals surface area contributed by atoms with E-state index in [0.717, 1.165) is 78.7 Å². The second-order valence-corrected chi connectivity index (χ2v) is 13.4. The quantitative estimate of drug-likeness (QED) is 0.305. The molecule has 6 rings (SSSR count). The number of aromatic nitrogens is 2. The molecule has 238 valence electrons. The molecule has 2 fully saturated rings. The van der Waals surface area contributed by atoms with Gasteiger partial charge >= 0.3 is 6.01 Å². The van der Waals surface area contributed by atoms with E-state index in [2.05, 4.69) is 28.8 Å². The second kappa shape index (κ2) is 12.3. The molecule has 0 bridgehead atoms. The van der Waals surface area contributed by atoms with Gasteiger partial charge in [-0.1, -0.05) is 13.0 Å². The molecule has 0 unspecified atom stereocenters. The van der Waals surface area contributed by atoms with Gasteiger partial charge in [0.1, 0.15) is 17.4 Å². The van der Waals surface area contributed by atoms with Crippen LogP contribution in [0.3, 0.4) is 0 Å². The number of piperidine rings is 1. The molecule has 0 spiro atoms. The van der Waals surface area contributed by atoms with Crippen LogP contribution in [0, 0.1) is 11.2 Å². The molecule has 3 heterocycles. The lowest BCUT2D eigenvalue weighted by Gasteiger charge is -2.40. The molecule has 9 nitrogen and oxygen atoms in total. The number of benzene rings is 2. The van der Waals surface area contributed by atoms with Gasteiger partial charge in [-0.25, -0.2) is 4.39 Å². The lowest BCUT2D eigenvalue weighted by Crippen LogP contribution is -2.47. The summed E-state index contributed by atoms with van der Waals surface area (Å²) in [7, 11) is 5.79. The molecule has 44 heavy (non-hydrogen) atoms. The predicted octanol–water partition coefficient (Wildman–Crippen LogP) is 4.95. The van der Waals surface area contributed by atoms with Crippen LogP contribution in [0.1, 0.15) is 56.4 Å². The molecule has 1 aliphatic carbocycles. The molecule has 10 heteroatoms. The van der Waals surface area contributed by atoms with Crippen LogP contribution < -0.4 is 19.3 Å². The molecular formula is C34H46FN5O4. The first-order valence-corrected chi connectivity index (χ1v) is 15.9. The molecule has 1 aromatic heterocycles. The maximum atomic E-state index is 15.1. The number of anilines is 2. The zero-order valence-electron chi connectivity index (χ0n) is 26.8. The van der Waals surface area contributed by atoms with Gasteiger partial charge in [-0.15, -0.1) is 0 Å². The van der Waals surface area contributed by atoms with Gasteiger partial charge in [0, 0.05) is 61.4 Å². The van der Waals surface area contributed by atoms with Crippen molar-refractivity contribution < 1.29 is 23.7 Å². The Morgan fingerprint density at radius 1 is 1.07 bits per heavy atom. The zero-order chi connectivity index (χ0) is 31.1. The predicted molar refractivity (Wildman–Crippen MR) is 170 cm³/mol. The Morgan fingerprint density at radius 3 is 2.59 bits per heavy atom. The van der Waals surface area contributed by atoms with E-state index in [9.17, 15) is 5.11 Å². The first-order valence-electron chi connectivity index (χ1n) is 15.9. The van der Waals surface area contributed by atoms with E-state index in [1.165, 1.54) is 6.07 Å². The number of nitrogens with zero attached hydrogens (tertiary/aromatic N) is 5. The topological polar surface area (TPSA) is 83.4 Å². The summed E-state index contributed by atoms with van der Waals surface area (Å²) in [5, 5.41) is 12.8. The van der Waals surface area contributed by atoms with E-state index in [-0.39, 0.29) is 18.0 Å². The van der Waals surface area contributed by atoms with E-state index in [4.69, 9.17) is 24.2 Å². The second-order valence-electron chi connectivity index (χ2n) is 13.4. The van der Waals surface area contributed by atoms with Crippen molar-refractivity contribution in [2.45, 2.75) is 64.5 Å². The van der Waals surface area contributed by atoms with Crippen molar-refractivity contribution in [1.82, 2.24) is 14.9 Å². The third kappa shape index (κ3) is 6.43. The number of methoxy groups -OCH3 is 1. The molecule has 2 aliphatic heterocycles. The average molecular weight is 608 g/mol. The smallest absolute Gasteiger partial charge is 0.318 e. The lowest BCUT2D eigenvalue weighted by atomic mass is 9.94. The first kappa shape index (κ1) is 30.8. The number of halogens is 1. The van der Waals surface area contributed by atoms with Crippen LogP contribution in [0.15, 0.2) is 24.3 Å². The van der Waals surface area contributed by atoms with E-state index in [0.29, 0.717) is 50.0 Å². The van der Waals surface area contributed by atoms with Crippen LogP contribution in [0.5, 0.6) is 11.8 Å². The van der Waals surface area contributed by atoms with Crippen LogP contribution in [-0.2, 0) is 24.1 Å². The van der Waals surface area contributed by atoms with Crippen molar-refractivity contribution in [2.75, 3.05) is 70.6 Å². The van der Waals surface area contributed by atoms with Crippen LogP contribution >= 0.6 is 0 Å². The zero-order valence-corrected chi connectivity index (χ0v) is 26.8. The lowest BCUT2D eigenvalue weighted by molar-refractivity contribution is 0.0445. The van der Waals surface area contributed by atoms with Crippen molar-refractivity contribution in [1.29, 1.82) is 0 Å². The van der Waals surface area contributed by atoms with Gasteiger partial charge < -0.3 is 34.0 Å². The SMILES string of the molecule is CCc1c(F)ccc2cc(OCOC)cc(N3CCc4c(nc(OCC5(CN(C)C)CC5)nc4N4CCC[C@@](C)(O)C4)C3)c12. The van der Waals surface area contributed by atoms with E-state index < -0.39 is 5.60 Å². The fraction of sp³-hybridized carbons (Fsp3) is 0.588. The molecule has 3 aliphatic rings. The molecule has 1 N–H and O–H groups in total. The third-order valence-electron chi connectivity index (χ3n) is 9.27. The van der Waals surface area contributed by atoms with Gasteiger partial charge in [-0.3, -0.25) is 0 Å². The minimum Gasteiger partial charge on any atom is -0.467 e. The highest BCUT2D eigenvalue weighted by Crippen LogP contribution is 2.46. The van der Waals surface area contributed by atoms with Gasteiger partial charge in [0.25, 0.3) is 0 Å². The summed E-state index contributed by atoms with van der Waals surface area (Å²) < 4.78 is 32.5. The largest absolute Gasteiger partial charge is 0.467 e. The molecule has 1 saturated carbocycles. The molecule has 0 amide bonds. The van der Waals surface area contributed by atoms with Crippen LogP contribution in [-0.4, -0.2) is 86.4 Å². The van der Waals surface area contributed by atoms with Gasteiger partial charge in [0.15, 0.2) is 6.79 Å². The molecule has 1 atom stereocenters. The Morgan fingerprint density at radius 2 is 1.89 bits per heavy atom. The van der Waals surface area contributed by atoms with Crippen LogP contribution in [0.2, 0.25) is 0 Å². The highest BCUT2D eigenvalue weighted by molar-refractivity contribution is 5.98. The number of rotatable bonds is 11. The highest BCUT2D eigenvalue weighted by atomic mass is 19.1. The van der Waals surface area contributed by atoms with Crippen molar-refractivity contribution in [3.05, 3.63) is 46.9 Å². The summed E-state index contributed by atoms with van der Waals surface area (Å²) in [6.45, 7) is 8.15. The Bertz CT molecular complexity index is 1510. The van der Waals surface area contributed by atoms with Crippen molar-refractivity contribution in [3.8, 4) is 11.8 Å². The van der Waals surface area contributed by atoms with E-state index in [1.807, 2.05) is 32.0 Å². The number of hydrogen-bond donors (Lipinski definition) is 1. The summed E-state index contributed by atoms with van der Waals surface area (Å²) in [4.78, 5) is 16.7. The molecule has 0 radical (unpaired) electrons. The fourth-order valence-corrected chi connectivity index (χ4v) is 7.00. The van der Waals surface area contributed by atoms with Crippen molar-refractivity contribution >= 4 is 22.3 Å². The summed E-state index contributed by atoms with van der Waals surface area (Å²) in [5.41, 5.74) is 2.99. The van der Waals surface area contributed by atoms with Gasteiger partial charge in [-0.2, -0.15) is 9.97 Å². The van der Waals surface area contributed by atoms with Crippen molar-refractivity contribution in [2.24, 2.45) is 5.41 Å². The van der Waals surface area contributed by atoms with Crippen LogP contribution in [0.4, 0.5) is 15.9 Å². The number of aryl methyl sites for hydroxylation is 1. The third-order valence-corrected chi connectivity index (χ3v) is 9.27. The van der Waals surface area contributed by atoms with Gasteiger partial charge in [0.2, 0.25) is 0 Å². The minimum absolute atomic E-state index is 0.127. The van der Waals surface area contributed by atoms with Crippen LogP contribution in [0.25, 0.3) is 10.8 Å². The normalized spacial score (nSPS) is 21.1. The Balaban J connectivity index is 1.39. The number of ether oxygens (including phenoxy) is 3. The Labute approximate surface area is 259 Å². The summed E-state index contributed by atoms with van der Waals surface area (Å²) in [5.74, 6) is 1.34. The number of fused-ring (bicyclic) bond motifs is 2.